The first-order chi connectivity index (χ1) is 10.6. The normalized spacial score (nSPS) is 18.4. The number of carbonyl (C=O) groups excluding carboxylic acids is 1. The lowest BCUT2D eigenvalue weighted by Gasteiger charge is -2.37. The first kappa shape index (κ1) is 17.8. The predicted octanol–water partition coefficient (Wildman–Crippen LogP) is 4.01. The maximum absolute atomic E-state index is 12.8. The molecule has 1 heterocycles. The van der Waals surface area contributed by atoms with Crippen LogP contribution in [0.1, 0.15) is 25.0 Å². The Morgan fingerprint density at radius 2 is 2.09 bits per heavy atom. The third-order valence-corrected chi connectivity index (χ3v) is 3.78. The van der Waals surface area contributed by atoms with Crippen molar-refractivity contribution >= 4 is 23.6 Å². The fraction of sp³-hybridized carbons (Fsp3) is 0.438. The molecule has 23 heavy (non-hydrogen) atoms. The van der Waals surface area contributed by atoms with Gasteiger partial charge in [-0.25, -0.2) is 0 Å². The van der Waals surface area contributed by atoms with Crippen molar-refractivity contribution in [2.24, 2.45) is 0 Å². The topological polar surface area (TPSA) is 29.5 Å². The molecule has 1 fully saturated rings. The molecule has 0 saturated carbocycles. The number of morpholine rings is 1. The molecule has 126 valence electrons. The van der Waals surface area contributed by atoms with Gasteiger partial charge >= 0.3 is 6.18 Å². The van der Waals surface area contributed by atoms with Crippen LogP contribution in [-0.2, 0) is 15.7 Å². The highest BCUT2D eigenvalue weighted by Gasteiger charge is 2.33. The zero-order chi connectivity index (χ0) is 17.3. The fourth-order valence-corrected chi connectivity index (χ4v) is 2.57. The quantitative estimate of drug-likeness (QED) is 0.756. The summed E-state index contributed by atoms with van der Waals surface area (Å²) in [5.41, 5.74) is -1.07. The summed E-state index contributed by atoms with van der Waals surface area (Å²) in [5, 5.41) is -0.365. The highest BCUT2D eigenvalue weighted by Crippen LogP contribution is 2.35. The number of rotatable bonds is 2. The van der Waals surface area contributed by atoms with Gasteiger partial charge in [-0.3, -0.25) is 4.79 Å². The van der Waals surface area contributed by atoms with Crippen molar-refractivity contribution < 1.29 is 22.7 Å². The van der Waals surface area contributed by atoms with Crippen LogP contribution in [0.2, 0.25) is 5.02 Å². The molecule has 1 aliphatic rings. The van der Waals surface area contributed by atoms with E-state index in [2.05, 4.69) is 0 Å². The van der Waals surface area contributed by atoms with E-state index in [1.165, 1.54) is 24.3 Å². The lowest BCUT2D eigenvalue weighted by molar-refractivity contribution is -0.140. The number of hydrogen-bond donors (Lipinski definition) is 0. The first-order valence-corrected chi connectivity index (χ1v) is 7.44. The molecule has 1 aromatic rings. The van der Waals surface area contributed by atoms with Crippen LogP contribution in [0.5, 0.6) is 0 Å². The number of carbonyl (C=O) groups is 1. The molecule has 0 N–H and O–H groups in total. The molecule has 0 aromatic heterocycles. The second-order valence-electron chi connectivity index (χ2n) is 5.94. The fourth-order valence-electron chi connectivity index (χ4n) is 2.34. The molecule has 0 radical (unpaired) electrons. The van der Waals surface area contributed by atoms with Crippen molar-refractivity contribution in [1.29, 1.82) is 0 Å². The average molecular weight is 348 g/mol. The van der Waals surface area contributed by atoms with Crippen molar-refractivity contribution in [2.45, 2.75) is 25.6 Å². The van der Waals surface area contributed by atoms with Gasteiger partial charge in [-0.15, -0.1) is 0 Å². The molecule has 0 bridgehead atoms. The Morgan fingerprint density at radius 1 is 1.39 bits per heavy atom. The molecule has 1 aromatic carbocycles. The second kappa shape index (κ2) is 6.53. The van der Waals surface area contributed by atoms with Crippen molar-refractivity contribution in [3.05, 3.63) is 40.4 Å². The van der Waals surface area contributed by atoms with E-state index in [1.807, 2.05) is 13.8 Å². The summed E-state index contributed by atoms with van der Waals surface area (Å²) in [7, 11) is 0. The number of benzene rings is 1. The SMILES string of the molecule is CC1(C)CN(C(=O)C=Cc2ccc(Cl)c(C(F)(F)F)c2)CCO1. The summed E-state index contributed by atoms with van der Waals surface area (Å²) in [5.74, 6) is -0.259. The molecule has 1 saturated heterocycles. The van der Waals surface area contributed by atoms with E-state index in [1.54, 1.807) is 4.90 Å². The summed E-state index contributed by atoms with van der Waals surface area (Å²) in [6.07, 6.45) is -1.90. The largest absolute Gasteiger partial charge is 0.417 e. The number of alkyl halides is 3. The van der Waals surface area contributed by atoms with Crippen LogP contribution in [0.4, 0.5) is 13.2 Å². The van der Waals surface area contributed by atoms with Crippen molar-refractivity contribution in [3.63, 3.8) is 0 Å². The van der Waals surface area contributed by atoms with Gasteiger partial charge in [0.2, 0.25) is 5.91 Å². The Bertz CT molecular complexity index is 626. The summed E-state index contributed by atoms with van der Waals surface area (Å²) in [6.45, 7) is 5.09. The minimum absolute atomic E-state index is 0.259. The van der Waals surface area contributed by atoms with Gasteiger partial charge in [-0.1, -0.05) is 17.7 Å². The van der Waals surface area contributed by atoms with Crippen LogP contribution >= 0.6 is 11.6 Å². The summed E-state index contributed by atoms with van der Waals surface area (Å²) < 4.78 is 43.9. The molecule has 0 aliphatic carbocycles. The minimum atomic E-state index is -4.53. The zero-order valence-corrected chi connectivity index (χ0v) is 13.5. The summed E-state index contributed by atoms with van der Waals surface area (Å²) in [6, 6.07) is 3.53. The first-order valence-electron chi connectivity index (χ1n) is 7.06. The van der Waals surface area contributed by atoms with E-state index in [9.17, 15) is 18.0 Å². The van der Waals surface area contributed by atoms with E-state index in [-0.39, 0.29) is 16.5 Å². The summed E-state index contributed by atoms with van der Waals surface area (Å²) >= 11 is 5.56. The summed E-state index contributed by atoms with van der Waals surface area (Å²) in [4.78, 5) is 13.8. The number of hydrogen-bond acceptors (Lipinski definition) is 2. The third-order valence-electron chi connectivity index (χ3n) is 3.45. The van der Waals surface area contributed by atoms with Crippen LogP contribution in [0, 0.1) is 0 Å². The standard InChI is InChI=1S/C16H17ClF3NO2/c1-15(2)10-21(7-8-23-15)14(22)6-4-11-3-5-13(17)12(9-11)16(18,19)20/h3-6,9H,7-8,10H2,1-2H3. The van der Waals surface area contributed by atoms with Crippen LogP contribution in [-0.4, -0.2) is 36.1 Å². The van der Waals surface area contributed by atoms with E-state index >= 15 is 0 Å². The average Bonchev–Trinajstić information content (AvgIpc) is 2.43. The van der Waals surface area contributed by atoms with Gasteiger partial charge in [0, 0.05) is 19.2 Å². The van der Waals surface area contributed by atoms with E-state index in [0.717, 1.165) is 6.07 Å². The van der Waals surface area contributed by atoms with Gasteiger partial charge < -0.3 is 9.64 Å². The highest BCUT2D eigenvalue weighted by atomic mass is 35.5. The Balaban J connectivity index is 2.12. The molecule has 0 unspecified atom stereocenters. The molecular weight excluding hydrogens is 331 g/mol. The molecule has 3 nitrogen and oxygen atoms in total. The molecule has 0 spiro atoms. The Labute approximate surface area is 137 Å². The van der Waals surface area contributed by atoms with Gasteiger partial charge in [-0.05, 0) is 37.6 Å². The van der Waals surface area contributed by atoms with Gasteiger partial charge in [0.15, 0.2) is 0 Å². The van der Waals surface area contributed by atoms with E-state index in [4.69, 9.17) is 16.3 Å². The van der Waals surface area contributed by atoms with Gasteiger partial charge in [-0.2, -0.15) is 13.2 Å². The van der Waals surface area contributed by atoms with Crippen molar-refractivity contribution in [1.82, 2.24) is 4.90 Å². The third kappa shape index (κ3) is 4.72. The van der Waals surface area contributed by atoms with Crippen LogP contribution < -0.4 is 0 Å². The van der Waals surface area contributed by atoms with Gasteiger partial charge in [0.25, 0.3) is 0 Å². The van der Waals surface area contributed by atoms with Gasteiger partial charge in [0.1, 0.15) is 0 Å². The molecule has 2 rings (SSSR count). The molecular formula is C16H17ClF3NO2. The van der Waals surface area contributed by atoms with Crippen molar-refractivity contribution in [2.75, 3.05) is 19.7 Å². The second-order valence-corrected chi connectivity index (χ2v) is 6.35. The lowest BCUT2D eigenvalue weighted by Crippen LogP contribution is -2.50. The number of ether oxygens (including phenoxy) is 1. The Morgan fingerprint density at radius 3 is 2.70 bits per heavy atom. The minimum Gasteiger partial charge on any atom is -0.372 e. The number of amides is 1. The maximum Gasteiger partial charge on any atom is 0.417 e. The Hall–Kier alpha value is -1.53. The molecule has 7 heteroatoms. The molecule has 1 aliphatic heterocycles. The van der Waals surface area contributed by atoms with Crippen LogP contribution in [0.15, 0.2) is 24.3 Å². The smallest absolute Gasteiger partial charge is 0.372 e. The Kier molecular flexibility index (Phi) is 5.06. The maximum atomic E-state index is 12.8. The zero-order valence-electron chi connectivity index (χ0n) is 12.8. The van der Waals surface area contributed by atoms with Gasteiger partial charge in [0.05, 0.1) is 22.8 Å². The van der Waals surface area contributed by atoms with Crippen molar-refractivity contribution in [3.8, 4) is 0 Å². The molecule has 1 amide bonds. The van der Waals surface area contributed by atoms with E-state index in [0.29, 0.717) is 19.7 Å². The molecule has 0 atom stereocenters. The monoisotopic (exact) mass is 347 g/mol. The van der Waals surface area contributed by atoms with Crippen LogP contribution in [0.3, 0.4) is 0 Å². The number of nitrogens with zero attached hydrogens (tertiary/aromatic N) is 1. The van der Waals surface area contributed by atoms with E-state index < -0.39 is 17.3 Å². The predicted molar refractivity (Wildman–Crippen MR) is 82.1 cm³/mol. The lowest BCUT2D eigenvalue weighted by atomic mass is 10.1. The van der Waals surface area contributed by atoms with Crippen LogP contribution in [0.25, 0.3) is 6.08 Å². The number of halogens is 4. The highest BCUT2D eigenvalue weighted by molar-refractivity contribution is 6.31.